The molecule has 2 aromatic carbocycles. The number of aromatic nitrogens is 2. The number of rotatable bonds is 5. The first-order chi connectivity index (χ1) is 23.6. The van der Waals surface area contributed by atoms with Crippen LogP contribution in [0.2, 0.25) is 0 Å². The predicted octanol–water partition coefficient (Wildman–Crippen LogP) is 4.24. The number of dihydropyridines is 1. The molecule has 0 amide bonds. The third kappa shape index (κ3) is 5.30. The van der Waals surface area contributed by atoms with Gasteiger partial charge in [0.25, 0.3) is 5.56 Å². The average molecular weight is 661 g/mol. The summed E-state index contributed by atoms with van der Waals surface area (Å²) in [6.07, 6.45) is 0.320. The Kier molecular flexibility index (Phi) is 7.95. The Labute approximate surface area is 280 Å². The maximum absolute atomic E-state index is 13.7. The van der Waals surface area contributed by atoms with Crippen LogP contribution >= 0.6 is 0 Å². The van der Waals surface area contributed by atoms with Gasteiger partial charge < -0.3 is 29.2 Å². The van der Waals surface area contributed by atoms with Crippen molar-refractivity contribution < 1.29 is 33.7 Å². The molecule has 12 heteroatoms. The Balaban J connectivity index is 1.34. The summed E-state index contributed by atoms with van der Waals surface area (Å²) in [5, 5.41) is 14.7. The summed E-state index contributed by atoms with van der Waals surface area (Å²) >= 11 is 0. The summed E-state index contributed by atoms with van der Waals surface area (Å²) in [7, 11) is 2.58. The van der Waals surface area contributed by atoms with Crippen molar-refractivity contribution in [1.82, 2.24) is 14.9 Å². The highest BCUT2D eigenvalue weighted by Gasteiger charge is 2.38. The fourth-order valence-electron chi connectivity index (χ4n) is 6.95. The number of pyridine rings is 2. The monoisotopic (exact) mass is 660 g/mol. The molecule has 3 aliphatic rings. The number of carbonyl (C=O) groups is 3. The molecule has 7 rings (SSSR count). The van der Waals surface area contributed by atoms with Crippen molar-refractivity contribution in [2.24, 2.45) is 4.99 Å². The van der Waals surface area contributed by atoms with E-state index >= 15 is 0 Å². The van der Waals surface area contributed by atoms with Crippen molar-refractivity contribution in [1.29, 1.82) is 0 Å². The fourth-order valence-corrected chi connectivity index (χ4v) is 6.95. The largest absolute Gasteiger partial charge is 0.466 e. The highest BCUT2D eigenvalue weighted by Crippen LogP contribution is 2.41. The molecule has 0 radical (unpaired) electrons. The van der Waals surface area contributed by atoms with Gasteiger partial charge in [-0.2, -0.15) is 0 Å². The number of nitrogens with one attached hydrogen (secondary N) is 1. The molecule has 2 N–H and O–H groups in total. The quantitative estimate of drug-likeness (QED) is 0.159. The highest BCUT2D eigenvalue weighted by atomic mass is 16.5. The predicted molar refractivity (Wildman–Crippen MR) is 179 cm³/mol. The number of hydrogen-bond donors (Lipinski definition) is 2. The Morgan fingerprint density at radius 2 is 1.71 bits per heavy atom. The molecule has 0 saturated heterocycles. The van der Waals surface area contributed by atoms with Crippen LogP contribution in [0.4, 0.5) is 5.69 Å². The molecule has 1 unspecified atom stereocenters. The maximum Gasteiger partial charge on any atom is 0.336 e. The van der Waals surface area contributed by atoms with Crippen LogP contribution in [0.1, 0.15) is 60.1 Å². The van der Waals surface area contributed by atoms with Crippen molar-refractivity contribution in [2.75, 3.05) is 14.2 Å². The first-order valence-corrected chi connectivity index (χ1v) is 15.6. The topological polar surface area (TPSA) is 158 Å². The van der Waals surface area contributed by atoms with Gasteiger partial charge in [-0.15, -0.1) is 0 Å². The zero-order valence-electron chi connectivity index (χ0n) is 27.2. The molecule has 0 spiro atoms. The van der Waals surface area contributed by atoms with Crippen LogP contribution in [0.3, 0.4) is 0 Å². The van der Waals surface area contributed by atoms with Gasteiger partial charge in [0.2, 0.25) is 0 Å². The molecule has 248 valence electrons. The molecule has 1 atom stereocenters. The van der Waals surface area contributed by atoms with Gasteiger partial charge in [-0.05, 0) is 49.2 Å². The molecule has 12 nitrogen and oxygen atoms in total. The van der Waals surface area contributed by atoms with Gasteiger partial charge in [-0.3, -0.25) is 14.6 Å². The SMILES string of the molecule is COC(=O)C1=C(C)NC(C)=C(C(=O)OC)C1c1cccc(N=Cc2c3c(nc4ccccc24)-c2cc4c(c(=O)n2C3)COC(=O)CC4O)c1. The molecule has 5 heterocycles. The highest BCUT2D eigenvalue weighted by molar-refractivity contribution is 6.03. The summed E-state index contributed by atoms with van der Waals surface area (Å²) in [6.45, 7) is 3.50. The Bertz CT molecular complexity index is 2230. The second kappa shape index (κ2) is 12.3. The summed E-state index contributed by atoms with van der Waals surface area (Å²) in [4.78, 5) is 61.5. The van der Waals surface area contributed by atoms with Crippen LogP contribution in [-0.2, 0) is 41.7 Å². The molecule has 0 fully saturated rings. The maximum atomic E-state index is 13.7. The van der Waals surface area contributed by atoms with E-state index in [0.717, 1.165) is 16.5 Å². The second-order valence-electron chi connectivity index (χ2n) is 12.1. The van der Waals surface area contributed by atoms with Crippen LogP contribution in [0.5, 0.6) is 0 Å². The summed E-state index contributed by atoms with van der Waals surface area (Å²) in [5.41, 5.74) is 6.49. The molecule has 4 aromatic rings. The Hall–Kier alpha value is -5.88. The van der Waals surface area contributed by atoms with Crippen LogP contribution in [0.15, 0.2) is 86.9 Å². The van der Waals surface area contributed by atoms with Gasteiger partial charge in [0.15, 0.2) is 0 Å². The van der Waals surface area contributed by atoms with Crippen LogP contribution in [-0.4, -0.2) is 53.0 Å². The number of carbonyl (C=O) groups excluding carboxylic acids is 3. The summed E-state index contributed by atoms with van der Waals surface area (Å²) in [6, 6.07) is 16.6. The number of esters is 3. The fraction of sp³-hybridized carbons (Fsp3) is 0.243. The lowest BCUT2D eigenvalue weighted by molar-refractivity contribution is -0.146. The van der Waals surface area contributed by atoms with Gasteiger partial charge in [-0.1, -0.05) is 30.3 Å². The molecule has 0 bridgehead atoms. The number of ether oxygens (including phenoxy) is 3. The number of para-hydroxylation sites is 1. The minimum absolute atomic E-state index is 0.203. The minimum atomic E-state index is -1.17. The van der Waals surface area contributed by atoms with E-state index in [-0.39, 0.29) is 41.8 Å². The zero-order chi connectivity index (χ0) is 34.6. The Morgan fingerprint density at radius 3 is 2.43 bits per heavy atom. The van der Waals surface area contributed by atoms with Crippen LogP contribution in [0, 0.1) is 0 Å². The van der Waals surface area contributed by atoms with E-state index in [2.05, 4.69) is 5.32 Å². The first-order valence-electron chi connectivity index (χ1n) is 15.6. The lowest BCUT2D eigenvalue weighted by atomic mass is 9.80. The molecule has 49 heavy (non-hydrogen) atoms. The van der Waals surface area contributed by atoms with E-state index in [4.69, 9.17) is 24.2 Å². The van der Waals surface area contributed by atoms with Crippen molar-refractivity contribution in [3.63, 3.8) is 0 Å². The second-order valence-corrected chi connectivity index (χ2v) is 12.1. The van der Waals surface area contributed by atoms with Crippen molar-refractivity contribution in [3.8, 4) is 11.4 Å². The smallest absolute Gasteiger partial charge is 0.336 e. The van der Waals surface area contributed by atoms with Crippen molar-refractivity contribution >= 4 is 40.7 Å². The third-order valence-corrected chi connectivity index (χ3v) is 9.24. The van der Waals surface area contributed by atoms with Gasteiger partial charge in [0.1, 0.15) is 6.61 Å². The van der Waals surface area contributed by atoms with E-state index in [0.29, 0.717) is 45.1 Å². The van der Waals surface area contributed by atoms with Gasteiger partial charge in [0.05, 0.1) is 78.5 Å². The van der Waals surface area contributed by atoms with E-state index in [9.17, 15) is 24.3 Å². The molecular formula is C37H32N4O8. The summed E-state index contributed by atoms with van der Waals surface area (Å²) < 4.78 is 17.0. The number of fused-ring (bicyclic) bond motifs is 5. The molecule has 0 saturated carbocycles. The first kappa shape index (κ1) is 31.7. The van der Waals surface area contributed by atoms with Crippen molar-refractivity contribution in [3.05, 3.63) is 115 Å². The lowest BCUT2D eigenvalue weighted by Gasteiger charge is -2.30. The van der Waals surface area contributed by atoms with Gasteiger partial charge in [-0.25, -0.2) is 14.6 Å². The molecule has 2 aromatic heterocycles. The van der Waals surface area contributed by atoms with E-state index in [1.54, 1.807) is 36.8 Å². The molecule has 3 aliphatic heterocycles. The Morgan fingerprint density at radius 1 is 1.00 bits per heavy atom. The minimum Gasteiger partial charge on any atom is -0.466 e. The average Bonchev–Trinajstić information content (AvgIpc) is 3.39. The molecular weight excluding hydrogens is 628 g/mol. The van der Waals surface area contributed by atoms with Gasteiger partial charge in [0, 0.05) is 34.1 Å². The molecule has 0 aliphatic carbocycles. The van der Waals surface area contributed by atoms with Crippen LogP contribution in [0.25, 0.3) is 22.3 Å². The van der Waals surface area contributed by atoms with E-state index in [1.165, 1.54) is 14.2 Å². The summed E-state index contributed by atoms with van der Waals surface area (Å²) in [5.74, 6) is -2.49. The number of aliphatic imine (C=N–C) groups is 1. The lowest BCUT2D eigenvalue weighted by Crippen LogP contribution is -2.32. The number of allylic oxidation sites excluding steroid dienone is 2. The van der Waals surface area contributed by atoms with Crippen LogP contribution < -0.4 is 10.9 Å². The zero-order valence-corrected chi connectivity index (χ0v) is 27.2. The number of methoxy groups -OCH3 is 2. The van der Waals surface area contributed by atoms with E-state index < -0.39 is 29.9 Å². The number of aliphatic hydroxyl groups excluding tert-OH is 1. The number of aliphatic hydroxyl groups is 1. The standard InChI is InChI=1S/C37H32N4O8/c1-18-31(36(45)47-3)33(32(19(2)39-18)37(46)48-4)20-8-7-9-21(12-20)38-15-24-22-10-5-6-11-27(22)40-34-25(24)16-41-28(34)13-23-26(35(41)44)17-49-30(43)14-29(23)42/h5-13,15,29,33,39,42H,14,16-17H2,1-4H3. The van der Waals surface area contributed by atoms with Crippen molar-refractivity contribution in [2.45, 2.75) is 45.4 Å². The number of benzene rings is 2. The number of hydrogen-bond acceptors (Lipinski definition) is 11. The third-order valence-electron chi connectivity index (χ3n) is 9.24. The van der Waals surface area contributed by atoms with Gasteiger partial charge >= 0.3 is 17.9 Å². The normalized spacial score (nSPS) is 17.3. The number of cyclic esters (lactones) is 1. The van der Waals surface area contributed by atoms with E-state index in [1.807, 2.05) is 42.5 Å². The number of nitrogens with zero attached hydrogens (tertiary/aromatic N) is 3.